The average molecular weight is 403 g/mol. The van der Waals surface area contributed by atoms with Crippen molar-refractivity contribution in [2.45, 2.75) is 26.7 Å². The van der Waals surface area contributed by atoms with Crippen LogP contribution in [0.3, 0.4) is 0 Å². The fourth-order valence-corrected chi connectivity index (χ4v) is 3.21. The Hall–Kier alpha value is -2.86. The van der Waals surface area contributed by atoms with Gasteiger partial charge in [0.2, 0.25) is 0 Å². The van der Waals surface area contributed by atoms with Crippen molar-refractivity contribution in [1.82, 2.24) is 9.88 Å². The third-order valence-electron chi connectivity index (χ3n) is 4.31. The predicted molar refractivity (Wildman–Crippen MR) is 110 cm³/mol. The molecule has 0 fully saturated rings. The Bertz CT molecular complexity index is 969. The Labute approximate surface area is 169 Å². The molecule has 28 heavy (non-hydrogen) atoms. The third-order valence-corrected chi connectivity index (χ3v) is 4.31. The van der Waals surface area contributed by atoms with Crippen LogP contribution in [0.4, 0.5) is 0 Å². The largest absolute Gasteiger partial charge is 0.491 e. The zero-order chi connectivity index (χ0) is 18.8. The molecule has 0 unspecified atom stereocenters. The molecule has 2 heterocycles. The Morgan fingerprint density at radius 3 is 2.68 bits per heavy atom. The summed E-state index contributed by atoms with van der Waals surface area (Å²) in [5.74, 6) is 1.89. The number of nitrogens with one attached hydrogen (secondary N) is 1. The van der Waals surface area contributed by atoms with Gasteiger partial charge in [0, 0.05) is 5.39 Å². The summed E-state index contributed by atoms with van der Waals surface area (Å²) in [5, 5.41) is 3.72. The van der Waals surface area contributed by atoms with Gasteiger partial charge >= 0.3 is 0 Å². The van der Waals surface area contributed by atoms with Gasteiger partial charge in [0.1, 0.15) is 18.1 Å². The molecule has 1 N–H and O–H groups in total. The molecule has 148 valence electrons. The van der Waals surface area contributed by atoms with E-state index in [2.05, 4.69) is 5.32 Å². The van der Waals surface area contributed by atoms with Gasteiger partial charge in [-0.05, 0) is 44.2 Å². The quantitative estimate of drug-likeness (QED) is 0.700. The summed E-state index contributed by atoms with van der Waals surface area (Å²) in [6.45, 7) is 5.06. The number of aromatic nitrogens is 1. The molecule has 0 saturated carbocycles. The molecule has 0 radical (unpaired) electrons. The molecular weight excluding hydrogens is 380 g/mol. The Morgan fingerprint density at radius 1 is 1.14 bits per heavy atom. The van der Waals surface area contributed by atoms with Gasteiger partial charge in [-0.1, -0.05) is 18.2 Å². The summed E-state index contributed by atoms with van der Waals surface area (Å²) in [7, 11) is 0. The maximum absolute atomic E-state index is 12.7. The maximum Gasteiger partial charge on any atom is 0.272 e. The first-order valence-electron chi connectivity index (χ1n) is 9.05. The second-order valence-electron chi connectivity index (χ2n) is 6.64. The number of carbonyl (C=O) groups excluding carboxylic acids is 1. The summed E-state index contributed by atoms with van der Waals surface area (Å²) in [6, 6.07) is 15.3. The highest BCUT2D eigenvalue weighted by atomic mass is 35.5. The minimum Gasteiger partial charge on any atom is -0.491 e. The lowest BCUT2D eigenvalue weighted by molar-refractivity contribution is 0.0941. The van der Waals surface area contributed by atoms with Crippen LogP contribution in [-0.2, 0) is 6.73 Å². The van der Waals surface area contributed by atoms with Crippen molar-refractivity contribution in [3.05, 3.63) is 54.2 Å². The van der Waals surface area contributed by atoms with Crippen LogP contribution in [0.25, 0.3) is 10.9 Å². The van der Waals surface area contributed by atoms with Crippen molar-refractivity contribution in [3.8, 4) is 17.2 Å². The van der Waals surface area contributed by atoms with Gasteiger partial charge in [-0.25, -0.2) is 0 Å². The Balaban J connectivity index is 0.00000225. The molecule has 3 aromatic rings. The minimum atomic E-state index is -0.165. The SMILES string of the molecule is CC(C)Oc1ccc2c(c1)c1c(n2COc2ccccc2)C(=O)NCCO1.Cl. The van der Waals surface area contributed by atoms with Crippen LogP contribution in [0.2, 0.25) is 0 Å². The lowest BCUT2D eigenvalue weighted by Crippen LogP contribution is -2.27. The molecule has 0 saturated heterocycles. The molecule has 1 aliphatic heterocycles. The van der Waals surface area contributed by atoms with E-state index >= 15 is 0 Å². The van der Waals surface area contributed by atoms with E-state index in [1.807, 2.05) is 66.9 Å². The van der Waals surface area contributed by atoms with Gasteiger partial charge in [0.05, 0.1) is 18.2 Å². The number of hydrogen-bond donors (Lipinski definition) is 1. The number of carbonyl (C=O) groups is 1. The smallest absolute Gasteiger partial charge is 0.272 e. The van der Waals surface area contributed by atoms with E-state index in [9.17, 15) is 4.79 Å². The normalized spacial score (nSPS) is 13.2. The maximum atomic E-state index is 12.7. The van der Waals surface area contributed by atoms with Crippen LogP contribution in [0.1, 0.15) is 24.3 Å². The number of para-hydroxylation sites is 1. The van der Waals surface area contributed by atoms with E-state index in [0.29, 0.717) is 24.6 Å². The molecule has 4 rings (SSSR count). The lowest BCUT2D eigenvalue weighted by Gasteiger charge is -2.12. The first-order chi connectivity index (χ1) is 13.1. The van der Waals surface area contributed by atoms with Crippen molar-refractivity contribution >= 4 is 29.2 Å². The van der Waals surface area contributed by atoms with Gasteiger partial charge in [-0.2, -0.15) is 0 Å². The van der Waals surface area contributed by atoms with Crippen LogP contribution in [-0.4, -0.2) is 29.7 Å². The molecule has 2 aromatic carbocycles. The fourth-order valence-electron chi connectivity index (χ4n) is 3.21. The standard InChI is InChI=1S/C21H22N2O4.ClH/c1-14(2)27-16-8-9-18-17(12-16)20-19(21(24)22-10-11-25-20)23(18)13-26-15-6-4-3-5-7-15;/h3-9,12,14H,10-11,13H2,1-2H3,(H,22,24);1H. The van der Waals surface area contributed by atoms with Crippen molar-refractivity contribution in [3.63, 3.8) is 0 Å². The molecule has 6 nitrogen and oxygen atoms in total. The fraction of sp³-hybridized carbons (Fsp3) is 0.286. The third kappa shape index (κ3) is 3.87. The molecular formula is C21H23ClN2O4. The highest BCUT2D eigenvalue weighted by molar-refractivity contribution is 6.04. The van der Waals surface area contributed by atoms with Crippen LogP contribution in [0, 0.1) is 0 Å². The van der Waals surface area contributed by atoms with E-state index < -0.39 is 0 Å². The molecule has 0 spiro atoms. The van der Waals surface area contributed by atoms with E-state index in [4.69, 9.17) is 14.2 Å². The highest BCUT2D eigenvalue weighted by Gasteiger charge is 2.27. The molecule has 1 amide bonds. The summed E-state index contributed by atoms with van der Waals surface area (Å²) < 4.78 is 19.5. The number of halogens is 1. The summed E-state index contributed by atoms with van der Waals surface area (Å²) >= 11 is 0. The van der Waals surface area contributed by atoms with Crippen LogP contribution in [0.15, 0.2) is 48.5 Å². The first-order valence-corrected chi connectivity index (χ1v) is 9.05. The summed E-state index contributed by atoms with van der Waals surface area (Å²) in [5.41, 5.74) is 1.34. The number of rotatable bonds is 5. The van der Waals surface area contributed by atoms with E-state index in [0.717, 1.165) is 22.4 Å². The van der Waals surface area contributed by atoms with Gasteiger partial charge < -0.3 is 19.5 Å². The molecule has 0 bridgehead atoms. The van der Waals surface area contributed by atoms with Crippen molar-refractivity contribution in [2.24, 2.45) is 0 Å². The highest BCUT2D eigenvalue weighted by Crippen LogP contribution is 2.37. The zero-order valence-corrected chi connectivity index (χ0v) is 16.6. The summed E-state index contributed by atoms with van der Waals surface area (Å²) in [4.78, 5) is 12.7. The number of ether oxygens (including phenoxy) is 3. The van der Waals surface area contributed by atoms with E-state index in [-0.39, 0.29) is 31.1 Å². The van der Waals surface area contributed by atoms with Gasteiger partial charge in [-0.3, -0.25) is 9.36 Å². The monoisotopic (exact) mass is 402 g/mol. The number of fused-ring (bicyclic) bond motifs is 3. The van der Waals surface area contributed by atoms with Crippen molar-refractivity contribution < 1.29 is 19.0 Å². The minimum absolute atomic E-state index is 0. The molecule has 1 aromatic heterocycles. The van der Waals surface area contributed by atoms with Gasteiger partial charge in [-0.15, -0.1) is 12.4 Å². The zero-order valence-electron chi connectivity index (χ0n) is 15.8. The number of hydrogen-bond acceptors (Lipinski definition) is 4. The molecule has 0 atom stereocenters. The average Bonchev–Trinajstić information content (AvgIpc) is 2.83. The van der Waals surface area contributed by atoms with E-state index in [1.165, 1.54) is 0 Å². The topological polar surface area (TPSA) is 61.7 Å². The van der Waals surface area contributed by atoms with Crippen LogP contribution < -0.4 is 19.5 Å². The number of benzene rings is 2. The number of nitrogens with zero attached hydrogens (tertiary/aromatic N) is 1. The molecule has 1 aliphatic rings. The Kier molecular flexibility index (Phi) is 5.99. The second-order valence-corrected chi connectivity index (χ2v) is 6.64. The van der Waals surface area contributed by atoms with Gasteiger partial charge in [0.15, 0.2) is 18.2 Å². The van der Waals surface area contributed by atoms with Crippen LogP contribution in [0.5, 0.6) is 17.2 Å². The predicted octanol–water partition coefficient (Wildman–Crippen LogP) is 4.01. The molecule has 0 aliphatic carbocycles. The van der Waals surface area contributed by atoms with Crippen molar-refractivity contribution in [2.75, 3.05) is 13.2 Å². The summed E-state index contributed by atoms with van der Waals surface area (Å²) in [6.07, 6.45) is 0.0637. The molecule has 7 heteroatoms. The first kappa shape index (κ1) is 19.9. The van der Waals surface area contributed by atoms with Crippen LogP contribution >= 0.6 is 12.4 Å². The second kappa shape index (κ2) is 8.44. The lowest BCUT2D eigenvalue weighted by atomic mass is 10.2. The van der Waals surface area contributed by atoms with Gasteiger partial charge in [0.25, 0.3) is 5.91 Å². The van der Waals surface area contributed by atoms with E-state index in [1.54, 1.807) is 0 Å². The number of amides is 1. The van der Waals surface area contributed by atoms with Crippen molar-refractivity contribution in [1.29, 1.82) is 0 Å². The Morgan fingerprint density at radius 2 is 1.93 bits per heavy atom.